The van der Waals surface area contributed by atoms with E-state index in [0.29, 0.717) is 12.3 Å². The van der Waals surface area contributed by atoms with Crippen LogP contribution in [0.25, 0.3) is 6.08 Å². The normalized spacial score (nSPS) is 10.4. The Hall–Kier alpha value is -3.15. The lowest BCUT2D eigenvalue weighted by atomic mass is 10.2. The van der Waals surface area contributed by atoms with E-state index in [-0.39, 0.29) is 12.5 Å². The molecule has 0 spiro atoms. The van der Waals surface area contributed by atoms with Gasteiger partial charge in [-0.15, -0.1) is 0 Å². The molecule has 1 N–H and O–H groups in total. The molecule has 0 bridgehead atoms. The van der Waals surface area contributed by atoms with Gasteiger partial charge in [-0.2, -0.15) is 0 Å². The molecular formula is C18H18N2O4. The van der Waals surface area contributed by atoms with Gasteiger partial charge in [-0.1, -0.05) is 18.2 Å². The van der Waals surface area contributed by atoms with E-state index in [0.717, 1.165) is 11.3 Å². The van der Waals surface area contributed by atoms with Crippen LogP contribution in [0.15, 0.2) is 54.7 Å². The Bertz CT molecular complexity index is 697. The fourth-order valence-electron chi connectivity index (χ4n) is 1.79. The number of carbonyl (C=O) groups excluding carboxylic acids is 2. The van der Waals surface area contributed by atoms with Crippen molar-refractivity contribution in [2.45, 2.75) is 6.54 Å². The SMILES string of the molecule is COC(=O)COc1ccc(/C=C/C(=O)NCc2ccccn2)cc1. The number of carbonyl (C=O) groups is 2. The van der Waals surface area contributed by atoms with Crippen LogP contribution < -0.4 is 10.1 Å². The molecule has 0 saturated heterocycles. The Balaban J connectivity index is 1.80. The fraction of sp³-hybridized carbons (Fsp3) is 0.167. The highest BCUT2D eigenvalue weighted by Crippen LogP contribution is 2.13. The smallest absolute Gasteiger partial charge is 0.343 e. The number of esters is 1. The molecule has 6 heteroatoms. The standard InChI is InChI=1S/C18H18N2O4/c1-23-18(22)13-24-16-8-5-14(6-9-16)7-10-17(21)20-12-15-4-2-3-11-19-15/h2-11H,12-13H2,1H3,(H,20,21)/b10-7+. The molecule has 1 aromatic carbocycles. The van der Waals surface area contributed by atoms with Crippen molar-refractivity contribution in [3.63, 3.8) is 0 Å². The monoisotopic (exact) mass is 326 g/mol. The lowest BCUT2D eigenvalue weighted by molar-refractivity contribution is -0.142. The van der Waals surface area contributed by atoms with Gasteiger partial charge in [0.15, 0.2) is 6.61 Å². The first-order chi connectivity index (χ1) is 11.7. The third-order valence-electron chi connectivity index (χ3n) is 3.06. The van der Waals surface area contributed by atoms with Crippen LogP contribution in [0, 0.1) is 0 Å². The minimum absolute atomic E-state index is 0.137. The maximum Gasteiger partial charge on any atom is 0.343 e. The lowest BCUT2D eigenvalue weighted by Gasteiger charge is -2.04. The number of pyridine rings is 1. The summed E-state index contributed by atoms with van der Waals surface area (Å²) >= 11 is 0. The molecule has 1 amide bonds. The minimum Gasteiger partial charge on any atom is -0.482 e. The van der Waals surface area contributed by atoms with Crippen LogP contribution in [-0.2, 0) is 20.9 Å². The van der Waals surface area contributed by atoms with Gasteiger partial charge in [0, 0.05) is 12.3 Å². The maximum absolute atomic E-state index is 11.8. The summed E-state index contributed by atoms with van der Waals surface area (Å²) in [5, 5.41) is 2.76. The van der Waals surface area contributed by atoms with E-state index >= 15 is 0 Å². The quantitative estimate of drug-likeness (QED) is 0.622. The van der Waals surface area contributed by atoms with Gasteiger partial charge in [0.05, 0.1) is 19.3 Å². The molecular weight excluding hydrogens is 308 g/mol. The first-order valence-corrected chi connectivity index (χ1v) is 7.33. The molecule has 1 aromatic heterocycles. The molecule has 124 valence electrons. The number of rotatable bonds is 7. The van der Waals surface area contributed by atoms with Crippen molar-refractivity contribution >= 4 is 18.0 Å². The molecule has 0 aliphatic heterocycles. The summed E-state index contributed by atoms with van der Waals surface area (Å²) in [6, 6.07) is 12.5. The third-order valence-corrected chi connectivity index (χ3v) is 3.06. The van der Waals surface area contributed by atoms with E-state index in [1.54, 1.807) is 36.5 Å². The van der Waals surface area contributed by atoms with Crippen molar-refractivity contribution in [1.29, 1.82) is 0 Å². The van der Waals surface area contributed by atoms with Gasteiger partial charge >= 0.3 is 5.97 Å². The number of methoxy groups -OCH3 is 1. The Morgan fingerprint density at radius 3 is 2.62 bits per heavy atom. The lowest BCUT2D eigenvalue weighted by Crippen LogP contribution is -2.20. The van der Waals surface area contributed by atoms with E-state index in [2.05, 4.69) is 15.0 Å². The first kappa shape index (κ1) is 17.2. The van der Waals surface area contributed by atoms with Crippen molar-refractivity contribution in [3.8, 4) is 5.75 Å². The third kappa shape index (κ3) is 5.92. The van der Waals surface area contributed by atoms with Gasteiger partial charge in [-0.3, -0.25) is 9.78 Å². The molecule has 0 radical (unpaired) electrons. The van der Waals surface area contributed by atoms with Gasteiger partial charge in [-0.05, 0) is 35.9 Å². The molecule has 0 saturated carbocycles. The van der Waals surface area contributed by atoms with E-state index in [4.69, 9.17) is 4.74 Å². The van der Waals surface area contributed by atoms with Gasteiger partial charge in [0.1, 0.15) is 5.75 Å². The van der Waals surface area contributed by atoms with Crippen LogP contribution in [0.3, 0.4) is 0 Å². The predicted octanol–water partition coefficient (Wildman–Crippen LogP) is 1.96. The highest BCUT2D eigenvalue weighted by atomic mass is 16.6. The number of hydrogen-bond acceptors (Lipinski definition) is 5. The summed E-state index contributed by atoms with van der Waals surface area (Å²) in [6.45, 7) is 0.242. The summed E-state index contributed by atoms with van der Waals surface area (Å²) in [5.41, 5.74) is 1.64. The Morgan fingerprint density at radius 1 is 1.17 bits per heavy atom. The number of nitrogens with zero attached hydrogens (tertiary/aromatic N) is 1. The molecule has 24 heavy (non-hydrogen) atoms. The van der Waals surface area contributed by atoms with Crippen molar-refractivity contribution in [2.75, 3.05) is 13.7 Å². The molecule has 1 heterocycles. The van der Waals surface area contributed by atoms with Crippen LogP contribution in [0.4, 0.5) is 0 Å². The summed E-state index contributed by atoms with van der Waals surface area (Å²) in [6.07, 6.45) is 4.83. The summed E-state index contributed by atoms with van der Waals surface area (Å²) in [4.78, 5) is 26.9. The molecule has 0 unspecified atom stereocenters. The van der Waals surface area contributed by atoms with Crippen LogP contribution >= 0.6 is 0 Å². The summed E-state index contributed by atoms with van der Waals surface area (Å²) < 4.78 is 9.73. The van der Waals surface area contributed by atoms with E-state index in [1.165, 1.54) is 13.2 Å². The van der Waals surface area contributed by atoms with Gasteiger partial charge in [0.2, 0.25) is 5.91 Å². The van der Waals surface area contributed by atoms with Gasteiger partial charge < -0.3 is 14.8 Å². The number of benzene rings is 1. The van der Waals surface area contributed by atoms with Crippen molar-refractivity contribution < 1.29 is 19.1 Å². The van der Waals surface area contributed by atoms with Gasteiger partial charge in [0.25, 0.3) is 0 Å². The van der Waals surface area contributed by atoms with Crippen LogP contribution in [0.1, 0.15) is 11.3 Å². The van der Waals surface area contributed by atoms with Crippen molar-refractivity contribution in [3.05, 3.63) is 66.0 Å². The molecule has 0 atom stereocenters. The molecule has 2 aromatic rings. The second-order valence-electron chi connectivity index (χ2n) is 4.81. The van der Waals surface area contributed by atoms with Crippen LogP contribution in [-0.4, -0.2) is 30.6 Å². The van der Waals surface area contributed by atoms with E-state index < -0.39 is 5.97 Å². The number of amides is 1. The van der Waals surface area contributed by atoms with E-state index in [9.17, 15) is 9.59 Å². The second kappa shape index (κ2) is 9.09. The van der Waals surface area contributed by atoms with E-state index in [1.807, 2.05) is 18.2 Å². The Kier molecular flexibility index (Phi) is 6.52. The fourth-order valence-corrected chi connectivity index (χ4v) is 1.79. The van der Waals surface area contributed by atoms with Gasteiger partial charge in [-0.25, -0.2) is 4.79 Å². The average molecular weight is 326 g/mol. The number of nitrogens with one attached hydrogen (secondary N) is 1. The molecule has 6 nitrogen and oxygen atoms in total. The highest BCUT2D eigenvalue weighted by Gasteiger charge is 2.01. The van der Waals surface area contributed by atoms with Crippen molar-refractivity contribution in [2.24, 2.45) is 0 Å². The maximum atomic E-state index is 11.8. The van der Waals surface area contributed by atoms with Crippen LogP contribution in [0.5, 0.6) is 5.75 Å². The number of ether oxygens (including phenoxy) is 2. The van der Waals surface area contributed by atoms with Crippen LogP contribution in [0.2, 0.25) is 0 Å². The molecule has 0 fully saturated rings. The molecule has 2 rings (SSSR count). The minimum atomic E-state index is -0.441. The first-order valence-electron chi connectivity index (χ1n) is 7.33. The topological polar surface area (TPSA) is 77.5 Å². The zero-order chi connectivity index (χ0) is 17.2. The van der Waals surface area contributed by atoms with Crippen molar-refractivity contribution in [1.82, 2.24) is 10.3 Å². The highest BCUT2D eigenvalue weighted by molar-refractivity contribution is 5.91. The largest absolute Gasteiger partial charge is 0.482 e. The summed E-state index contributed by atoms with van der Waals surface area (Å²) in [7, 11) is 1.30. The number of hydrogen-bond donors (Lipinski definition) is 1. The zero-order valence-corrected chi connectivity index (χ0v) is 13.3. The predicted molar refractivity (Wildman–Crippen MR) is 89.1 cm³/mol. The Labute approximate surface area is 140 Å². The molecule has 0 aliphatic carbocycles. The number of aromatic nitrogens is 1. The second-order valence-corrected chi connectivity index (χ2v) is 4.81. The molecule has 0 aliphatic rings. The summed E-state index contributed by atoms with van der Waals surface area (Å²) in [5.74, 6) is -0.0904. The average Bonchev–Trinajstić information content (AvgIpc) is 2.64. The zero-order valence-electron chi connectivity index (χ0n) is 13.3. The Morgan fingerprint density at radius 2 is 1.96 bits per heavy atom.